The first-order valence-corrected chi connectivity index (χ1v) is 11.8. The molecule has 1 aliphatic heterocycles. The lowest BCUT2D eigenvalue weighted by Crippen LogP contribution is -2.36. The highest BCUT2D eigenvalue weighted by Gasteiger charge is 2.25. The van der Waals surface area contributed by atoms with Crippen molar-refractivity contribution in [3.63, 3.8) is 0 Å². The zero-order valence-corrected chi connectivity index (χ0v) is 20.3. The third kappa shape index (κ3) is 6.16. The average molecular weight is 457 g/mol. The van der Waals surface area contributed by atoms with Crippen molar-refractivity contribution in [1.29, 1.82) is 0 Å². The summed E-state index contributed by atoms with van der Waals surface area (Å²) in [5.41, 5.74) is 2.60. The molecule has 0 spiro atoms. The summed E-state index contributed by atoms with van der Waals surface area (Å²) >= 11 is 1.39. The van der Waals surface area contributed by atoms with Crippen molar-refractivity contribution < 1.29 is 14.4 Å². The van der Waals surface area contributed by atoms with Gasteiger partial charge in [0.1, 0.15) is 0 Å². The van der Waals surface area contributed by atoms with Crippen LogP contribution in [0.15, 0.2) is 24.3 Å². The Labute approximate surface area is 193 Å². The number of carbonyl (C=O) groups excluding carboxylic acids is 3. The molecule has 1 aliphatic rings. The first-order valence-electron chi connectivity index (χ1n) is 11.0. The standard InChI is InChI=1S/C24H32N4O3S/c1-15(2)12-21(30)28-11-10-18-19(14-28)32-23(26-18)27-20(29)13-25-22(31)16-6-8-17(9-7-16)24(3,4)5/h6-9,15H,10-14H2,1-5H3,(H,25,31)(H,26,27,29). The van der Waals surface area contributed by atoms with Crippen LogP contribution in [0.25, 0.3) is 0 Å². The summed E-state index contributed by atoms with van der Waals surface area (Å²) in [6.07, 6.45) is 1.23. The van der Waals surface area contributed by atoms with Gasteiger partial charge in [-0.05, 0) is 29.0 Å². The van der Waals surface area contributed by atoms with Crippen molar-refractivity contribution >= 4 is 34.2 Å². The lowest BCUT2D eigenvalue weighted by molar-refractivity contribution is -0.132. The van der Waals surface area contributed by atoms with Crippen molar-refractivity contribution in [2.45, 2.75) is 59.4 Å². The van der Waals surface area contributed by atoms with E-state index in [-0.39, 0.29) is 29.7 Å². The maximum absolute atomic E-state index is 12.4. The van der Waals surface area contributed by atoms with Gasteiger partial charge in [-0.2, -0.15) is 0 Å². The molecule has 2 aromatic rings. The number of hydrogen-bond acceptors (Lipinski definition) is 5. The normalized spacial score (nSPS) is 13.6. The van der Waals surface area contributed by atoms with Crippen LogP contribution in [0.4, 0.5) is 5.13 Å². The Kier molecular flexibility index (Phi) is 7.33. The predicted octanol–water partition coefficient (Wildman–Crippen LogP) is 3.74. The minimum atomic E-state index is -0.330. The van der Waals surface area contributed by atoms with Gasteiger partial charge in [0.15, 0.2) is 5.13 Å². The molecular formula is C24H32N4O3S. The van der Waals surface area contributed by atoms with Crippen LogP contribution in [0.5, 0.6) is 0 Å². The Hall–Kier alpha value is -2.74. The van der Waals surface area contributed by atoms with Crippen LogP contribution in [-0.2, 0) is 28.0 Å². The van der Waals surface area contributed by atoms with Crippen LogP contribution in [0, 0.1) is 5.92 Å². The first-order chi connectivity index (χ1) is 15.0. The molecule has 32 heavy (non-hydrogen) atoms. The van der Waals surface area contributed by atoms with Gasteiger partial charge in [0.25, 0.3) is 5.91 Å². The van der Waals surface area contributed by atoms with E-state index in [9.17, 15) is 14.4 Å². The van der Waals surface area contributed by atoms with Crippen LogP contribution in [0.1, 0.15) is 67.5 Å². The Balaban J connectivity index is 1.51. The van der Waals surface area contributed by atoms with Crippen LogP contribution in [-0.4, -0.2) is 40.7 Å². The monoisotopic (exact) mass is 456 g/mol. The Morgan fingerprint density at radius 3 is 2.47 bits per heavy atom. The van der Waals surface area contributed by atoms with E-state index in [2.05, 4.69) is 36.4 Å². The highest BCUT2D eigenvalue weighted by Crippen LogP contribution is 2.29. The van der Waals surface area contributed by atoms with Gasteiger partial charge >= 0.3 is 0 Å². The van der Waals surface area contributed by atoms with E-state index in [4.69, 9.17) is 0 Å². The highest BCUT2D eigenvalue weighted by atomic mass is 32.1. The molecular weight excluding hydrogens is 424 g/mol. The second kappa shape index (κ2) is 9.81. The molecule has 0 bridgehead atoms. The quantitative estimate of drug-likeness (QED) is 0.693. The molecule has 2 heterocycles. The van der Waals surface area contributed by atoms with E-state index < -0.39 is 0 Å². The maximum Gasteiger partial charge on any atom is 0.251 e. The maximum atomic E-state index is 12.4. The van der Waals surface area contributed by atoms with Crippen molar-refractivity contribution in [2.75, 3.05) is 18.4 Å². The molecule has 3 amide bonds. The largest absolute Gasteiger partial charge is 0.343 e. The number of benzene rings is 1. The predicted molar refractivity (Wildman–Crippen MR) is 127 cm³/mol. The number of thiazole rings is 1. The second-order valence-corrected chi connectivity index (χ2v) is 10.7. The molecule has 0 unspecified atom stereocenters. The smallest absolute Gasteiger partial charge is 0.251 e. The minimum absolute atomic E-state index is 0.0144. The van der Waals surface area contributed by atoms with Gasteiger partial charge in [-0.25, -0.2) is 4.98 Å². The minimum Gasteiger partial charge on any atom is -0.343 e. The van der Waals surface area contributed by atoms with Gasteiger partial charge in [0, 0.05) is 29.8 Å². The van der Waals surface area contributed by atoms with E-state index in [1.54, 1.807) is 12.1 Å². The topological polar surface area (TPSA) is 91.4 Å². The fraction of sp³-hybridized carbons (Fsp3) is 0.500. The van der Waals surface area contributed by atoms with Gasteiger partial charge in [-0.1, -0.05) is 58.1 Å². The molecule has 0 fully saturated rings. The van der Waals surface area contributed by atoms with Crippen LogP contribution in [0.3, 0.4) is 0 Å². The molecule has 172 valence electrons. The molecule has 0 saturated heterocycles. The summed E-state index contributed by atoms with van der Waals surface area (Å²) < 4.78 is 0. The average Bonchev–Trinajstić information content (AvgIpc) is 3.12. The van der Waals surface area contributed by atoms with E-state index in [1.807, 2.05) is 30.9 Å². The Morgan fingerprint density at radius 2 is 1.84 bits per heavy atom. The number of fused-ring (bicyclic) bond motifs is 1. The molecule has 2 N–H and O–H groups in total. The van der Waals surface area contributed by atoms with Crippen LogP contribution < -0.4 is 10.6 Å². The van der Waals surface area contributed by atoms with Gasteiger partial charge in [0.05, 0.1) is 18.8 Å². The van der Waals surface area contributed by atoms with Gasteiger partial charge in [-0.3, -0.25) is 14.4 Å². The number of aromatic nitrogens is 1. The number of amides is 3. The summed E-state index contributed by atoms with van der Waals surface area (Å²) in [5, 5.41) is 5.92. The Morgan fingerprint density at radius 1 is 1.16 bits per heavy atom. The molecule has 7 nitrogen and oxygen atoms in total. The van der Waals surface area contributed by atoms with Crippen molar-refractivity contribution in [3.05, 3.63) is 46.0 Å². The van der Waals surface area contributed by atoms with E-state index in [0.29, 0.717) is 42.5 Å². The van der Waals surface area contributed by atoms with Gasteiger partial charge in [-0.15, -0.1) is 0 Å². The van der Waals surface area contributed by atoms with Crippen LogP contribution >= 0.6 is 11.3 Å². The first kappa shape index (κ1) is 23.9. The number of rotatable bonds is 6. The number of nitrogens with one attached hydrogen (secondary N) is 2. The molecule has 0 saturated carbocycles. The van der Waals surface area contributed by atoms with Crippen LogP contribution in [0.2, 0.25) is 0 Å². The molecule has 0 radical (unpaired) electrons. The molecule has 1 aromatic carbocycles. The summed E-state index contributed by atoms with van der Waals surface area (Å²) in [4.78, 5) is 44.4. The zero-order valence-electron chi connectivity index (χ0n) is 19.4. The van der Waals surface area contributed by atoms with Crippen molar-refractivity contribution in [3.8, 4) is 0 Å². The van der Waals surface area contributed by atoms with E-state index >= 15 is 0 Å². The highest BCUT2D eigenvalue weighted by molar-refractivity contribution is 7.15. The third-order valence-electron chi connectivity index (χ3n) is 5.34. The Bertz CT molecular complexity index is 990. The lowest BCUT2D eigenvalue weighted by Gasteiger charge is -2.26. The van der Waals surface area contributed by atoms with E-state index in [1.165, 1.54) is 11.3 Å². The number of anilines is 1. The summed E-state index contributed by atoms with van der Waals surface area (Å²) in [5.74, 6) is -0.142. The SMILES string of the molecule is CC(C)CC(=O)N1CCc2nc(NC(=O)CNC(=O)c3ccc(C(C)(C)C)cc3)sc2C1. The fourth-order valence-electron chi connectivity index (χ4n) is 3.49. The second-order valence-electron chi connectivity index (χ2n) is 9.61. The van der Waals surface area contributed by atoms with Gasteiger partial charge in [0.2, 0.25) is 11.8 Å². The summed E-state index contributed by atoms with van der Waals surface area (Å²) in [6, 6.07) is 7.42. The number of hydrogen-bond donors (Lipinski definition) is 2. The van der Waals surface area contributed by atoms with E-state index in [0.717, 1.165) is 16.1 Å². The third-order valence-corrected chi connectivity index (χ3v) is 6.33. The fourth-order valence-corrected chi connectivity index (χ4v) is 4.53. The summed E-state index contributed by atoms with van der Waals surface area (Å²) in [6.45, 7) is 11.5. The number of nitrogens with zero attached hydrogens (tertiary/aromatic N) is 2. The summed E-state index contributed by atoms with van der Waals surface area (Å²) in [7, 11) is 0. The molecule has 0 aliphatic carbocycles. The molecule has 1 aromatic heterocycles. The van der Waals surface area contributed by atoms with Crippen molar-refractivity contribution in [1.82, 2.24) is 15.2 Å². The van der Waals surface area contributed by atoms with Gasteiger partial charge < -0.3 is 15.5 Å². The lowest BCUT2D eigenvalue weighted by atomic mass is 9.87. The molecule has 0 atom stereocenters. The molecule has 8 heteroatoms. The zero-order chi connectivity index (χ0) is 23.5. The van der Waals surface area contributed by atoms with Crippen molar-refractivity contribution in [2.24, 2.45) is 5.92 Å². The molecule has 3 rings (SSSR count). The number of carbonyl (C=O) groups is 3.